The molecule has 0 fully saturated rings. The first kappa shape index (κ1) is 9.55. The molecule has 0 unspecified atom stereocenters. The Morgan fingerprint density at radius 3 is 3.00 bits per heavy atom. The number of fused-ring (bicyclic) bond motifs is 1. The van der Waals surface area contributed by atoms with Gasteiger partial charge < -0.3 is 5.11 Å². The first-order chi connectivity index (χ1) is 6.79. The lowest BCUT2D eigenvalue weighted by atomic mass is 10.2. The molecule has 2 aromatic rings. The van der Waals surface area contributed by atoms with Crippen LogP contribution in [0, 0.1) is 0 Å². The molecule has 0 radical (unpaired) electrons. The number of hydrogen-bond donors (Lipinski definition) is 1. The van der Waals surface area contributed by atoms with Gasteiger partial charge in [-0.25, -0.2) is 4.98 Å². The topological polar surface area (TPSA) is 46.0 Å². The number of hydrogen-bond acceptors (Lipinski definition) is 3. The Kier molecular flexibility index (Phi) is 2.74. The predicted molar refractivity (Wildman–Crippen MR) is 58.0 cm³/mol. The van der Waals surface area contributed by atoms with Gasteiger partial charge in [-0.05, 0) is 28.1 Å². The smallest absolute Gasteiger partial charge is 0.106 e. The Balaban J connectivity index is 2.50. The van der Waals surface area contributed by atoms with E-state index in [0.29, 0.717) is 6.42 Å². The van der Waals surface area contributed by atoms with Crippen LogP contribution in [0.15, 0.2) is 29.0 Å². The molecular weight excluding hydrogens is 244 g/mol. The first-order valence-electron chi connectivity index (χ1n) is 4.31. The quantitative estimate of drug-likeness (QED) is 0.832. The van der Waals surface area contributed by atoms with Gasteiger partial charge in [0.2, 0.25) is 0 Å². The predicted octanol–water partition coefficient (Wildman–Crippen LogP) is 1.93. The molecule has 72 valence electrons. The van der Waals surface area contributed by atoms with Crippen LogP contribution in [-0.2, 0) is 6.42 Å². The highest BCUT2D eigenvalue weighted by Crippen LogP contribution is 2.15. The Morgan fingerprint density at radius 2 is 2.21 bits per heavy atom. The summed E-state index contributed by atoms with van der Waals surface area (Å²) in [6, 6.07) is 5.82. The van der Waals surface area contributed by atoms with Crippen LogP contribution in [-0.4, -0.2) is 21.7 Å². The van der Waals surface area contributed by atoms with Crippen molar-refractivity contribution in [1.29, 1.82) is 0 Å². The molecule has 3 nitrogen and oxygen atoms in total. The fraction of sp³-hybridized carbons (Fsp3) is 0.200. The summed E-state index contributed by atoms with van der Waals surface area (Å²) in [4.78, 5) is 8.46. The zero-order valence-electron chi connectivity index (χ0n) is 7.44. The molecule has 0 aromatic carbocycles. The number of aliphatic hydroxyl groups is 1. The van der Waals surface area contributed by atoms with Gasteiger partial charge >= 0.3 is 0 Å². The van der Waals surface area contributed by atoms with E-state index in [0.717, 1.165) is 21.2 Å². The lowest BCUT2D eigenvalue weighted by Crippen LogP contribution is -1.94. The second-order valence-corrected chi connectivity index (χ2v) is 3.79. The molecule has 0 spiro atoms. The lowest BCUT2D eigenvalue weighted by molar-refractivity contribution is 0.298. The maximum Gasteiger partial charge on any atom is 0.106 e. The molecular formula is C10H9BrN2O. The molecule has 0 aliphatic rings. The number of halogens is 1. The van der Waals surface area contributed by atoms with Gasteiger partial charge in [0.15, 0.2) is 0 Å². The number of rotatable bonds is 2. The Bertz CT molecular complexity index is 459. The molecule has 0 saturated heterocycles. The molecule has 2 aromatic heterocycles. The highest BCUT2D eigenvalue weighted by molar-refractivity contribution is 9.10. The Hall–Kier alpha value is -1.00. The third-order valence-electron chi connectivity index (χ3n) is 1.97. The summed E-state index contributed by atoms with van der Waals surface area (Å²) >= 11 is 3.30. The number of aromatic nitrogens is 2. The SMILES string of the molecule is OCCc1cc2ccc(Br)nc2cn1. The Morgan fingerprint density at radius 1 is 1.36 bits per heavy atom. The molecule has 0 aliphatic heterocycles. The van der Waals surface area contributed by atoms with Crippen molar-refractivity contribution in [1.82, 2.24) is 9.97 Å². The highest BCUT2D eigenvalue weighted by Gasteiger charge is 1.99. The first-order valence-corrected chi connectivity index (χ1v) is 5.11. The zero-order valence-corrected chi connectivity index (χ0v) is 9.03. The zero-order chi connectivity index (χ0) is 9.97. The minimum atomic E-state index is 0.127. The van der Waals surface area contributed by atoms with Gasteiger partial charge in [0, 0.05) is 24.1 Å². The monoisotopic (exact) mass is 252 g/mol. The number of nitrogens with zero attached hydrogens (tertiary/aromatic N) is 2. The van der Waals surface area contributed by atoms with Crippen LogP contribution >= 0.6 is 15.9 Å². The number of pyridine rings is 2. The van der Waals surface area contributed by atoms with Gasteiger partial charge in [0.1, 0.15) is 4.60 Å². The van der Waals surface area contributed by atoms with Crippen molar-refractivity contribution in [3.63, 3.8) is 0 Å². The van der Waals surface area contributed by atoms with Crippen LogP contribution in [0.25, 0.3) is 10.9 Å². The summed E-state index contributed by atoms with van der Waals surface area (Å²) in [5, 5.41) is 9.82. The van der Waals surface area contributed by atoms with Crippen molar-refractivity contribution in [2.45, 2.75) is 6.42 Å². The van der Waals surface area contributed by atoms with E-state index in [4.69, 9.17) is 5.11 Å². The molecule has 14 heavy (non-hydrogen) atoms. The van der Waals surface area contributed by atoms with E-state index < -0.39 is 0 Å². The number of aliphatic hydroxyl groups excluding tert-OH is 1. The normalized spacial score (nSPS) is 10.7. The maximum atomic E-state index is 8.77. The van der Waals surface area contributed by atoms with Crippen LogP contribution in [0.4, 0.5) is 0 Å². The average molecular weight is 253 g/mol. The van der Waals surface area contributed by atoms with Crippen molar-refractivity contribution in [2.75, 3.05) is 6.61 Å². The molecule has 2 heterocycles. The fourth-order valence-electron chi connectivity index (χ4n) is 1.30. The van der Waals surface area contributed by atoms with Crippen LogP contribution in [0.1, 0.15) is 5.69 Å². The van der Waals surface area contributed by atoms with Gasteiger partial charge in [-0.3, -0.25) is 4.98 Å². The van der Waals surface area contributed by atoms with Crippen LogP contribution < -0.4 is 0 Å². The van der Waals surface area contributed by atoms with Crippen molar-refractivity contribution in [3.8, 4) is 0 Å². The summed E-state index contributed by atoms with van der Waals surface area (Å²) in [5.74, 6) is 0. The van der Waals surface area contributed by atoms with Crippen molar-refractivity contribution < 1.29 is 5.11 Å². The van der Waals surface area contributed by atoms with Crippen molar-refractivity contribution >= 4 is 26.8 Å². The fourth-order valence-corrected chi connectivity index (χ4v) is 1.62. The van der Waals surface area contributed by atoms with E-state index in [1.54, 1.807) is 6.20 Å². The summed E-state index contributed by atoms with van der Waals surface area (Å²) in [5.41, 5.74) is 1.75. The minimum absolute atomic E-state index is 0.127. The third-order valence-corrected chi connectivity index (χ3v) is 2.41. The molecule has 0 amide bonds. The third kappa shape index (κ3) is 1.91. The van der Waals surface area contributed by atoms with E-state index in [1.165, 1.54) is 0 Å². The van der Waals surface area contributed by atoms with Crippen molar-refractivity contribution in [2.24, 2.45) is 0 Å². The van der Waals surface area contributed by atoms with E-state index in [-0.39, 0.29) is 6.61 Å². The maximum absolute atomic E-state index is 8.77. The summed E-state index contributed by atoms with van der Waals surface area (Å²) in [7, 11) is 0. The molecule has 4 heteroatoms. The lowest BCUT2D eigenvalue weighted by Gasteiger charge is -2.00. The van der Waals surface area contributed by atoms with Gasteiger partial charge in [-0.15, -0.1) is 0 Å². The molecule has 0 saturated carbocycles. The van der Waals surface area contributed by atoms with Gasteiger partial charge in [-0.1, -0.05) is 6.07 Å². The second-order valence-electron chi connectivity index (χ2n) is 2.98. The van der Waals surface area contributed by atoms with Crippen LogP contribution in [0.3, 0.4) is 0 Å². The minimum Gasteiger partial charge on any atom is -0.396 e. The average Bonchev–Trinajstić information content (AvgIpc) is 2.19. The van der Waals surface area contributed by atoms with Gasteiger partial charge in [0.05, 0.1) is 11.7 Å². The van der Waals surface area contributed by atoms with Gasteiger partial charge in [-0.2, -0.15) is 0 Å². The summed E-state index contributed by atoms with van der Waals surface area (Å²) < 4.78 is 0.807. The van der Waals surface area contributed by atoms with Crippen LogP contribution in [0.2, 0.25) is 0 Å². The summed E-state index contributed by atoms with van der Waals surface area (Å²) in [6.45, 7) is 0.127. The molecule has 2 rings (SSSR count). The summed E-state index contributed by atoms with van der Waals surface area (Å²) in [6.07, 6.45) is 2.32. The molecule has 0 atom stereocenters. The van der Waals surface area contributed by atoms with E-state index >= 15 is 0 Å². The highest BCUT2D eigenvalue weighted by atomic mass is 79.9. The van der Waals surface area contributed by atoms with E-state index in [1.807, 2.05) is 18.2 Å². The van der Waals surface area contributed by atoms with Crippen LogP contribution in [0.5, 0.6) is 0 Å². The molecule has 1 N–H and O–H groups in total. The largest absolute Gasteiger partial charge is 0.396 e. The molecule has 0 aliphatic carbocycles. The van der Waals surface area contributed by atoms with Crippen molar-refractivity contribution in [3.05, 3.63) is 34.7 Å². The van der Waals surface area contributed by atoms with E-state index in [9.17, 15) is 0 Å². The van der Waals surface area contributed by atoms with E-state index in [2.05, 4.69) is 25.9 Å². The Labute approximate surface area is 89.9 Å². The second kappa shape index (κ2) is 4.02. The van der Waals surface area contributed by atoms with Gasteiger partial charge in [0.25, 0.3) is 0 Å². The standard InChI is InChI=1S/C10H9BrN2O/c11-10-2-1-7-5-8(3-4-14)12-6-9(7)13-10/h1-2,5-6,14H,3-4H2. The molecule has 0 bridgehead atoms.